The van der Waals surface area contributed by atoms with Crippen molar-refractivity contribution in [2.24, 2.45) is 0 Å². The highest BCUT2D eigenvalue weighted by atomic mass is 16.2. The summed E-state index contributed by atoms with van der Waals surface area (Å²) in [6, 6.07) is -0.206. The van der Waals surface area contributed by atoms with Crippen molar-refractivity contribution in [2.75, 3.05) is 19.6 Å². The second-order valence-electron chi connectivity index (χ2n) is 5.66. The predicted molar refractivity (Wildman–Crippen MR) is 73.8 cm³/mol. The Labute approximate surface area is 115 Å². The van der Waals surface area contributed by atoms with E-state index < -0.39 is 5.54 Å². The Morgan fingerprint density at radius 1 is 1.16 bits per heavy atom. The molecule has 5 nitrogen and oxygen atoms in total. The molecule has 2 N–H and O–H groups in total. The Morgan fingerprint density at radius 2 is 1.89 bits per heavy atom. The highest BCUT2D eigenvalue weighted by Crippen LogP contribution is 2.24. The van der Waals surface area contributed by atoms with Crippen LogP contribution in [0.5, 0.6) is 0 Å². The maximum absolute atomic E-state index is 12.3. The predicted octanol–water partition coefficient (Wildman–Crippen LogP) is 1.63. The van der Waals surface area contributed by atoms with E-state index in [1.54, 1.807) is 0 Å². The Hall–Kier alpha value is -1.10. The standard InChI is InChI=1S/C14H25N3O2/c1-2-3-4-5-6-7-10-17-12(18)14(16-13(17)19)8-9-15-11-14/h15H,2-11H2,1H3,(H,16,19). The topological polar surface area (TPSA) is 61.4 Å². The van der Waals surface area contributed by atoms with Gasteiger partial charge in [-0.2, -0.15) is 0 Å². The molecule has 0 aliphatic carbocycles. The highest BCUT2D eigenvalue weighted by Gasteiger charge is 2.52. The average Bonchev–Trinajstić information content (AvgIpc) is 2.94. The zero-order chi connectivity index (χ0) is 13.7. The van der Waals surface area contributed by atoms with Gasteiger partial charge in [-0.3, -0.25) is 9.69 Å². The van der Waals surface area contributed by atoms with Crippen molar-refractivity contribution in [3.63, 3.8) is 0 Å². The molecule has 1 atom stereocenters. The molecule has 0 aromatic rings. The molecular formula is C14H25N3O2. The Kier molecular flexibility index (Phi) is 4.80. The van der Waals surface area contributed by atoms with Gasteiger partial charge in [0.15, 0.2) is 0 Å². The Bertz CT molecular complexity index is 338. The second-order valence-corrected chi connectivity index (χ2v) is 5.66. The van der Waals surface area contributed by atoms with Crippen molar-refractivity contribution < 1.29 is 9.59 Å². The summed E-state index contributed by atoms with van der Waals surface area (Å²) in [5.41, 5.74) is -0.640. The lowest BCUT2D eigenvalue weighted by Gasteiger charge is -2.19. The normalized spacial score (nSPS) is 26.5. The molecule has 0 radical (unpaired) electrons. The van der Waals surface area contributed by atoms with Gasteiger partial charge >= 0.3 is 6.03 Å². The van der Waals surface area contributed by atoms with E-state index in [0.717, 1.165) is 19.4 Å². The van der Waals surface area contributed by atoms with Gasteiger partial charge in [0.2, 0.25) is 0 Å². The molecule has 0 aromatic carbocycles. The third kappa shape index (κ3) is 3.08. The number of amides is 3. The largest absolute Gasteiger partial charge is 0.325 e. The van der Waals surface area contributed by atoms with Crippen LogP contribution >= 0.6 is 0 Å². The number of carbonyl (C=O) groups excluding carboxylic acids is 2. The molecule has 1 unspecified atom stereocenters. The van der Waals surface area contributed by atoms with Gasteiger partial charge in [-0.15, -0.1) is 0 Å². The minimum atomic E-state index is -0.640. The number of nitrogens with zero attached hydrogens (tertiary/aromatic N) is 1. The van der Waals surface area contributed by atoms with Gasteiger partial charge in [-0.1, -0.05) is 39.0 Å². The molecule has 0 bridgehead atoms. The molecule has 2 fully saturated rings. The lowest BCUT2D eigenvalue weighted by Crippen LogP contribution is -2.48. The zero-order valence-corrected chi connectivity index (χ0v) is 11.8. The third-order valence-electron chi connectivity index (χ3n) is 4.14. The zero-order valence-electron chi connectivity index (χ0n) is 11.8. The van der Waals surface area contributed by atoms with Gasteiger partial charge in [0.1, 0.15) is 5.54 Å². The fraction of sp³-hybridized carbons (Fsp3) is 0.857. The number of urea groups is 1. The molecule has 3 amide bonds. The Morgan fingerprint density at radius 3 is 2.58 bits per heavy atom. The molecule has 2 heterocycles. The molecule has 19 heavy (non-hydrogen) atoms. The first kappa shape index (κ1) is 14.3. The van der Waals surface area contributed by atoms with Crippen molar-refractivity contribution in [1.29, 1.82) is 0 Å². The summed E-state index contributed by atoms with van der Waals surface area (Å²) >= 11 is 0. The van der Waals surface area contributed by atoms with Crippen LogP contribution in [0.2, 0.25) is 0 Å². The van der Waals surface area contributed by atoms with E-state index in [2.05, 4.69) is 17.6 Å². The van der Waals surface area contributed by atoms with Crippen LogP contribution in [-0.2, 0) is 4.79 Å². The van der Waals surface area contributed by atoms with Crippen LogP contribution < -0.4 is 10.6 Å². The van der Waals surface area contributed by atoms with Crippen LogP contribution in [0.3, 0.4) is 0 Å². The molecule has 108 valence electrons. The lowest BCUT2D eigenvalue weighted by atomic mass is 9.99. The fourth-order valence-corrected chi connectivity index (χ4v) is 2.91. The monoisotopic (exact) mass is 267 g/mol. The van der Waals surface area contributed by atoms with Gasteiger partial charge in [0.25, 0.3) is 5.91 Å². The summed E-state index contributed by atoms with van der Waals surface area (Å²) in [6.07, 6.45) is 7.70. The summed E-state index contributed by atoms with van der Waals surface area (Å²) in [5, 5.41) is 6.02. The average molecular weight is 267 g/mol. The maximum atomic E-state index is 12.3. The van der Waals surface area contributed by atoms with Crippen molar-refractivity contribution in [2.45, 2.75) is 57.4 Å². The fourth-order valence-electron chi connectivity index (χ4n) is 2.91. The van der Waals surface area contributed by atoms with E-state index in [1.807, 2.05) is 0 Å². The van der Waals surface area contributed by atoms with Gasteiger partial charge < -0.3 is 10.6 Å². The first-order valence-corrected chi connectivity index (χ1v) is 7.54. The lowest BCUT2D eigenvalue weighted by molar-refractivity contribution is -0.130. The van der Waals surface area contributed by atoms with Crippen LogP contribution in [-0.4, -0.2) is 42.0 Å². The smallest absolute Gasteiger partial charge is 0.322 e. The molecule has 0 saturated carbocycles. The van der Waals surface area contributed by atoms with Crippen LogP contribution in [0, 0.1) is 0 Å². The summed E-state index contributed by atoms with van der Waals surface area (Å²) in [6.45, 7) is 4.14. The maximum Gasteiger partial charge on any atom is 0.325 e. The summed E-state index contributed by atoms with van der Waals surface area (Å²) in [7, 11) is 0. The van der Waals surface area contributed by atoms with Gasteiger partial charge in [-0.25, -0.2) is 4.79 Å². The molecule has 2 rings (SSSR count). The van der Waals surface area contributed by atoms with Crippen molar-refractivity contribution >= 4 is 11.9 Å². The molecule has 2 saturated heterocycles. The van der Waals surface area contributed by atoms with Crippen LogP contribution in [0.1, 0.15) is 51.9 Å². The number of hydrogen-bond donors (Lipinski definition) is 2. The number of rotatable bonds is 7. The van der Waals surface area contributed by atoms with Crippen LogP contribution in [0.4, 0.5) is 4.79 Å². The van der Waals surface area contributed by atoms with Crippen molar-refractivity contribution in [3.05, 3.63) is 0 Å². The van der Waals surface area contributed by atoms with Gasteiger partial charge in [-0.05, 0) is 19.4 Å². The second kappa shape index (κ2) is 6.37. The summed E-state index contributed by atoms with van der Waals surface area (Å²) < 4.78 is 0. The van der Waals surface area contributed by atoms with E-state index in [9.17, 15) is 9.59 Å². The van der Waals surface area contributed by atoms with Gasteiger partial charge in [0.05, 0.1) is 0 Å². The van der Waals surface area contributed by atoms with E-state index in [-0.39, 0.29) is 11.9 Å². The van der Waals surface area contributed by atoms with E-state index in [0.29, 0.717) is 19.5 Å². The first-order valence-electron chi connectivity index (χ1n) is 7.54. The molecule has 5 heteroatoms. The third-order valence-corrected chi connectivity index (χ3v) is 4.14. The first-order chi connectivity index (χ1) is 9.19. The Balaban J connectivity index is 1.74. The number of hydrogen-bond acceptors (Lipinski definition) is 3. The quantitative estimate of drug-likeness (QED) is 0.544. The van der Waals surface area contributed by atoms with E-state index in [1.165, 1.54) is 30.6 Å². The summed E-state index contributed by atoms with van der Waals surface area (Å²) in [4.78, 5) is 25.6. The molecule has 0 aromatic heterocycles. The number of nitrogens with one attached hydrogen (secondary N) is 2. The summed E-state index contributed by atoms with van der Waals surface area (Å²) in [5.74, 6) is -0.0314. The SMILES string of the molecule is CCCCCCCCN1C(=O)NC2(CCNC2)C1=O. The van der Waals surface area contributed by atoms with E-state index in [4.69, 9.17) is 0 Å². The molecule has 2 aliphatic rings. The van der Waals surface area contributed by atoms with Crippen LogP contribution in [0.25, 0.3) is 0 Å². The van der Waals surface area contributed by atoms with Crippen molar-refractivity contribution in [3.8, 4) is 0 Å². The van der Waals surface area contributed by atoms with Gasteiger partial charge in [0, 0.05) is 13.1 Å². The number of imide groups is 1. The van der Waals surface area contributed by atoms with E-state index >= 15 is 0 Å². The molecule has 1 spiro atoms. The van der Waals surface area contributed by atoms with Crippen molar-refractivity contribution in [1.82, 2.24) is 15.5 Å². The molecule has 2 aliphatic heterocycles. The number of carbonyl (C=O) groups is 2. The molecular weight excluding hydrogens is 242 g/mol. The number of unbranched alkanes of at least 4 members (excludes halogenated alkanes) is 5. The highest BCUT2D eigenvalue weighted by molar-refractivity contribution is 6.07. The minimum absolute atomic E-state index is 0.0314. The van der Waals surface area contributed by atoms with Crippen LogP contribution in [0.15, 0.2) is 0 Å². The minimum Gasteiger partial charge on any atom is -0.322 e.